The Morgan fingerprint density at radius 1 is 1.30 bits per heavy atom. The van der Waals surface area contributed by atoms with E-state index in [0.717, 1.165) is 36.1 Å². The summed E-state index contributed by atoms with van der Waals surface area (Å²) < 4.78 is 47.5. The largest absolute Gasteiger partial charge is 0.477 e. The molecule has 3 fully saturated rings. The molecule has 1 N–H and O–H groups in total. The van der Waals surface area contributed by atoms with E-state index in [-0.39, 0.29) is 18.7 Å². The van der Waals surface area contributed by atoms with Crippen LogP contribution in [-0.2, 0) is 4.79 Å². The second-order valence-electron chi connectivity index (χ2n) is 7.97. The molecule has 2 aliphatic carbocycles. The fourth-order valence-corrected chi connectivity index (χ4v) is 3.95. The van der Waals surface area contributed by atoms with Crippen molar-refractivity contribution in [2.45, 2.75) is 50.2 Å². The van der Waals surface area contributed by atoms with Gasteiger partial charge in [-0.2, -0.15) is 13.2 Å². The number of ether oxygens (including phenoxy) is 1. The van der Waals surface area contributed by atoms with Crippen LogP contribution in [-0.4, -0.2) is 47.3 Å². The normalized spacial score (nSPS) is 28.4. The molecule has 8 heteroatoms. The first-order valence-corrected chi connectivity index (χ1v) is 9.42. The number of halogens is 3. The van der Waals surface area contributed by atoms with E-state index in [9.17, 15) is 23.1 Å². The predicted octanol–water partition coefficient (Wildman–Crippen LogP) is 3.19. The van der Waals surface area contributed by atoms with Gasteiger partial charge in [-0.1, -0.05) is 6.07 Å². The molecular weight excluding hydrogens is 361 g/mol. The van der Waals surface area contributed by atoms with Gasteiger partial charge in [0.25, 0.3) is 0 Å². The Morgan fingerprint density at radius 2 is 2.04 bits per heavy atom. The van der Waals surface area contributed by atoms with Crippen LogP contribution in [0.25, 0.3) is 0 Å². The van der Waals surface area contributed by atoms with Gasteiger partial charge in [-0.05, 0) is 50.0 Å². The van der Waals surface area contributed by atoms with Gasteiger partial charge in [-0.25, -0.2) is 4.98 Å². The standard InChI is InChI=1S/C19H23F3N2O3/c20-19(21,22)18(10-25)7-8-24(11-26)16(18)15-6-5-14(13-3-4-13)17(23-15)27-9-12-1-2-12/h5-6,11-13,16,25H,1-4,7-10H2. The number of alkyl halides is 3. The van der Waals surface area contributed by atoms with Crippen molar-refractivity contribution in [1.82, 2.24) is 9.88 Å². The van der Waals surface area contributed by atoms with E-state index in [1.165, 1.54) is 0 Å². The van der Waals surface area contributed by atoms with Crippen LogP contribution in [0.5, 0.6) is 5.88 Å². The zero-order valence-electron chi connectivity index (χ0n) is 14.9. The summed E-state index contributed by atoms with van der Waals surface area (Å²) in [5.41, 5.74) is -1.35. The molecule has 1 aliphatic heterocycles. The number of hydrogen-bond donors (Lipinski definition) is 1. The maximum Gasteiger partial charge on any atom is 0.399 e. The third kappa shape index (κ3) is 3.28. The number of rotatable bonds is 7. The predicted molar refractivity (Wildman–Crippen MR) is 90.1 cm³/mol. The molecule has 0 bridgehead atoms. The first-order valence-electron chi connectivity index (χ1n) is 9.42. The zero-order valence-corrected chi connectivity index (χ0v) is 14.9. The van der Waals surface area contributed by atoms with Crippen molar-refractivity contribution in [3.8, 4) is 5.88 Å². The van der Waals surface area contributed by atoms with Gasteiger partial charge in [0.05, 0.1) is 24.9 Å². The lowest BCUT2D eigenvalue weighted by Gasteiger charge is -2.36. The SMILES string of the molecule is O=CN1CCC(CO)(C(F)(F)F)C1c1ccc(C2CC2)c(OCC2CC2)n1. The van der Waals surface area contributed by atoms with Crippen LogP contribution in [0, 0.1) is 11.3 Å². The lowest BCUT2D eigenvalue weighted by Crippen LogP contribution is -2.46. The molecule has 0 radical (unpaired) electrons. The van der Waals surface area contributed by atoms with Crippen molar-refractivity contribution in [3.63, 3.8) is 0 Å². The first kappa shape index (κ1) is 18.5. The molecule has 4 rings (SSSR count). The fraction of sp³-hybridized carbons (Fsp3) is 0.684. The van der Waals surface area contributed by atoms with E-state index >= 15 is 0 Å². The highest BCUT2D eigenvalue weighted by atomic mass is 19.4. The molecule has 1 amide bonds. The minimum atomic E-state index is -4.66. The molecule has 1 aromatic rings. The van der Waals surface area contributed by atoms with Gasteiger partial charge >= 0.3 is 6.18 Å². The van der Waals surface area contributed by atoms with E-state index in [0.29, 0.717) is 30.7 Å². The summed E-state index contributed by atoms with van der Waals surface area (Å²) in [7, 11) is 0. The number of aliphatic hydroxyl groups is 1. The summed E-state index contributed by atoms with van der Waals surface area (Å²) in [5, 5.41) is 9.68. The Morgan fingerprint density at radius 3 is 2.59 bits per heavy atom. The van der Waals surface area contributed by atoms with Gasteiger partial charge < -0.3 is 14.7 Å². The molecule has 0 aromatic carbocycles. The van der Waals surface area contributed by atoms with Gasteiger partial charge in [-0.3, -0.25) is 4.79 Å². The molecular formula is C19H23F3N2O3. The smallest absolute Gasteiger partial charge is 0.399 e. The summed E-state index contributed by atoms with van der Waals surface area (Å²) in [6.07, 6.45) is -0.350. The monoisotopic (exact) mass is 384 g/mol. The number of aromatic nitrogens is 1. The van der Waals surface area contributed by atoms with E-state index in [1.807, 2.05) is 0 Å². The van der Waals surface area contributed by atoms with Crippen LogP contribution in [0.15, 0.2) is 12.1 Å². The van der Waals surface area contributed by atoms with Crippen LogP contribution in [0.2, 0.25) is 0 Å². The van der Waals surface area contributed by atoms with Crippen molar-refractivity contribution < 1.29 is 27.8 Å². The Kier molecular flexibility index (Phi) is 4.56. The molecule has 148 valence electrons. The number of hydrogen-bond acceptors (Lipinski definition) is 4. The average Bonchev–Trinajstić information content (AvgIpc) is 3.55. The van der Waals surface area contributed by atoms with Crippen molar-refractivity contribution in [3.05, 3.63) is 23.4 Å². The Hall–Kier alpha value is -1.83. The first-order chi connectivity index (χ1) is 12.9. The lowest BCUT2D eigenvalue weighted by atomic mass is 9.78. The van der Waals surface area contributed by atoms with Gasteiger partial charge in [0.2, 0.25) is 12.3 Å². The zero-order chi connectivity index (χ0) is 19.2. The highest BCUT2D eigenvalue weighted by molar-refractivity contribution is 5.51. The highest BCUT2D eigenvalue weighted by Gasteiger charge is 2.64. The summed E-state index contributed by atoms with van der Waals surface area (Å²) in [5.74, 6) is 1.22. The number of likely N-dealkylation sites (tertiary alicyclic amines) is 1. The summed E-state index contributed by atoms with van der Waals surface area (Å²) in [6, 6.07) is 1.99. The van der Waals surface area contributed by atoms with E-state index in [2.05, 4.69) is 4.98 Å². The average molecular weight is 384 g/mol. The lowest BCUT2D eigenvalue weighted by molar-refractivity contribution is -0.244. The van der Waals surface area contributed by atoms with Crippen LogP contribution >= 0.6 is 0 Å². The van der Waals surface area contributed by atoms with Crippen molar-refractivity contribution >= 4 is 6.41 Å². The Bertz CT molecular complexity index is 719. The maximum absolute atomic E-state index is 13.9. The third-order valence-electron chi connectivity index (χ3n) is 6.01. The number of carbonyl (C=O) groups excluding carboxylic acids is 1. The summed E-state index contributed by atoms with van der Waals surface area (Å²) in [4.78, 5) is 17.0. The van der Waals surface area contributed by atoms with Gasteiger partial charge in [-0.15, -0.1) is 0 Å². The quantitative estimate of drug-likeness (QED) is 0.734. The summed E-state index contributed by atoms with van der Waals surface area (Å²) >= 11 is 0. The molecule has 2 unspecified atom stereocenters. The van der Waals surface area contributed by atoms with Gasteiger partial charge in [0.15, 0.2) is 0 Å². The van der Waals surface area contributed by atoms with Gasteiger partial charge in [0.1, 0.15) is 5.41 Å². The molecule has 1 saturated heterocycles. The second-order valence-corrected chi connectivity index (χ2v) is 7.97. The second kappa shape index (κ2) is 6.65. The van der Waals surface area contributed by atoms with Crippen LogP contribution in [0.4, 0.5) is 13.2 Å². The van der Waals surface area contributed by atoms with Crippen LogP contribution in [0.3, 0.4) is 0 Å². The third-order valence-corrected chi connectivity index (χ3v) is 6.01. The van der Waals surface area contributed by atoms with Crippen molar-refractivity contribution in [2.75, 3.05) is 19.8 Å². The number of amides is 1. The molecule has 27 heavy (non-hydrogen) atoms. The molecule has 1 aromatic heterocycles. The molecule has 2 heterocycles. The maximum atomic E-state index is 13.9. The molecule has 2 saturated carbocycles. The summed E-state index contributed by atoms with van der Waals surface area (Å²) in [6.45, 7) is -0.642. The number of nitrogens with zero attached hydrogens (tertiary/aromatic N) is 2. The minimum Gasteiger partial charge on any atom is -0.477 e. The fourth-order valence-electron chi connectivity index (χ4n) is 3.95. The topological polar surface area (TPSA) is 62.7 Å². The number of pyridine rings is 1. The van der Waals surface area contributed by atoms with Gasteiger partial charge in [0, 0.05) is 12.1 Å². The highest BCUT2D eigenvalue weighted by Crippen LogP contribution is 2.56. The molecule has 2 atom stereocenters. The van der Waals surface area contributed by atoms with Crippen molar-refractivity contribution in [1.29, 1.82) is 0 Å². The number of carbonyl (C=O) groups is 1. The van der Waals surface area contributed by atoms with E-state index in [4.69, 9.17) is 4.74 Å². The minimum absolute atomic E-state index is 0.0709. The molecule has 0 spiro atoms. The molecule has 3 aliphatic rings. The number of aliphatic hydroxyl groups excluding tert-OH is 1. The van der Waals surface area contributed by atoms with Crippen LogP contribution in [0.1, 0.15) is 55.3 Å². The van der Waals surface area contributed by atoms with Crippen molar-refractivity contribution in [2.24, 2.45) is 11.3 Å². The van der Waals surface area contributed by atoms with Crippen LogP contribution < -0.4 is 4.74 Å². The Labute approximate surface area is 155 Å². The molecule has 5 nitrogen and oxygen atoms in total. The Balaban J connectivity index is 1.72. The van der Waals surface area contributed by atoms with E-state index in [1.54, 1.807) is 12.1 Å². The van der Waals surface area contributed by atoms with E-state index < -0.39 is 24.2 Å².